The van der Waals surface area contributed by atoms with Crippen LogP contribution in [-0.2, 0) is 0 Å². The molecule has 1 saturated carbocycles. The molecule has 4 unspecified atom stereocenters. The predicted molar refractivity (Wildman–Crippen MR) is 78.4 cm³/mol. The molecular formula is C17H33F. The summed E-state index contributed by atoms with van der Waals surface area (Å²) < 4.78 is 13.5. The second kappa shape index (κ2) is 6.39. The summed E-state index contributed by atoms with van der Waals surface area (Å²) in [6.45, 7) is 13.7. The summed E-state index contributed by atoms with van der Waals surface area (Å²) in [6, 6.07) is 0. The van der Waals surface area contributed by atoms with E-state index in [0.29, 0.717) is 17.8 Å². The minimum absolute atomic E-state index is 0.558. The molecule has 18 heavy (non-hydrogen) atoms. The Hall–Kier alpha value is -0.0700. The van der Waals surface area contributed by atoms with Gasteiger partial charge in [0.15, 0.2) is 0 Å². The second-order valence-electron chi connectivity index (χ2n) is 7.31. The number of halogens is 1. The predicted octanol–water partition coefficient (Wildman–Crippen LogP) is 5.86. The van der Waals surface area contributed by atoms with Crippen molar-refractivity contribution in [2.24, 2.45) is 29.1 Å². The van der Waals surface area contributed by atoms with Crippen LogP contribution >= 0.6 is 0 Å². The molecule has 0 aromatic rings. The molecule has 1 aliphatic carbocycles. The van der Waals surface area contributed by atoms with E-state index in [0.717, 1.165) is 30.6 Å². The highest BCUT2D eigenvalue weighted by Gasteiger charge is 2.54. The molecule has 0 nitrogen and oxygen atoms in total. The Balaban J connectivity index is 2.32. The highest BCUT2D eigenvalue weighted by molar-refractivity contribution is 5.02. The molecule has 0 aliphatic heterocycles. The molecule has 108 valence electrons. The van der Waals surface area contributed by atoms with E-state index in [1.54, 1.807) is 0 Å². The maximum atomic E-state index is 13.5. The van der Waals surface area contributed by atoms with Gasteiger partial charge in [0, 0.05) is 0 Å². The number of rotatable bonds is 8. The molecule has 5 atom stereocenters. The summed E-state index contributed by atoms with van der Waals surface area (Å²) in [5.41, 5.74) is 0.558. The molecule has 1 rings (SSSR count). The number of hydrogen-bond acceptors (Lipinski definition) is 0. The summed E-state index contributed by atoms with van der Waals surface area (Å²) in [4.78, 5) is 0. The Morgan fingerprint density at radius 1 is 1.11 bits per heavy atom. The highest BCUT2D eigenvalue weighted by atomic mass is 19.1. The van der Waals surface area contributed by atoms with Crippen LogP contribution in [0.1, 0.15) is 73.6 Å². The molecule has 1 fully saturated rings. The van der Waals surface area contributed by atoms with E-state index in [-0.39, 0.29) is 0 Å². The van der Waals surface area contributed by atoms with Crippen LogP contribution in [0.2, 0.25) is 0 Å². The first-order valence-corrected chi connectivity index (χ1v) is 7.96. The van der Waals surface area contributed by atoms with E-state index in [1.807, 2.05) is 6.92 Å². The largest absolute Gasteiger partial charge is 0.247 e. The molecule has 0 aromatic carbocycles. The monoisotopic (exact) mass is 256 g/mol. The first-order chi connectivity index (χ1) is 8.32. The van der Waals surface area contributed by atoms with Crippen molar-refractivity contribution in [3.8, 4) is 0 Å². The highest BCUT2D eigenvalue weighted by Crippen LogP contribution is 2.60. The van der Waals surface area contributed by atoms with Crippen molar-refractivity contribution in [1.29, 1.82) is 0 Å². The van der Waals surface area contributed by atoms with Gasteiger partial charge in [0.2, 0.25) is 0 Å². The maximum Gasteiger partial charge on any atom is 0.100 e. The quantitative estimate of drug-likeness (QED) is 0.510. The standard InChI is InChI=1S/C17H33F/c1-7-14(11-15(18)8-2)9-12(3)10-16-13(4)17(16,5)6/h12-16H,7-11H2,1-6H3/t12?,13?,14-,15?,16?/m0/s1. The third-order valence-corrected chi connectivity index (χ3v) is 5.63. The fourth-order valence-electron chi connectivity index (χ4n) is 3.58. The number of alkyl halides is 1. The molecule has 0 saturated heterocycles. The van der Waals surface area contributed by atoms with Gasteiger partial charge in [-0.2, -0.15) is 0 Å². The van der Waals surface area contributed by atoms with E-state index in [9.17, 15) is 4.39 Å². The van der Waals surface area contributed by atoms with Crippen LogP contribution < -0.4 is 0 Å². The van der Waals surface area contributed by atoms with Crippen LogP contribution in [0, 0.1) is 29.1 Å². The van der Waals surface area contributed by atoms with Gasteiger partial charge in [-0.05, 0) is 54.8 Å². The second-order valence-corrected chi connectivity index (χ2v) is 7.31. The molecule has 0 aromatic heterocycles. The Morgan fingerprint density at radius 2 is 1.67 bits per heavy atom. The Morgan fingerprint density at radius 3 is 2.06 bits per heavy atom. The fraction of sp³-hybridized carbons (Fsp3) is 1.00. The van der Waals surface area contributed by atoms with E-state index in [2.05, 4.69) is 34.6 Å². The molecule has 0 heterocycles. The molecule has 1 aliphatic rings. The third kappa shape index (κ3) is 3.96. The van der Waals surface area contributed by atoms with Crippen molar-refractivity contribution >= 4 is 0 Å². The molecular weight excluding hydrogens is 223 g/mol. The van der Waals surface area contributed by atoms with Gasteiger partial charge >= 0.3 is 0 Å². The van der Waals surface area contributed by atoms with Crippen LogP contribution in [0.4, 0.5) is 4.39 Å². The van der Waals surface area contributed by atoms with Crippen molar-refractivity contribution < 1.29 is 4.39 Å². The zero-order valence-electron chi connectivity index (χ0n) is 13.3. The Bertz CT molecular complexity index is 246. The van der Waals surface area contributed by atoms with Crippen molar-refractivity contribution in [1.82, 2.24) is 0 Å². The fourth-order valence-corrected chi connectivity index (χ4v) is 3.58. The smallest absolute Gasteiger partial charge is 0.100 e. The summed E-state index contributed by atoms with van der Waals surface area (Å²) in [6.07, 6.45) is 4.56. The topological polar surface area (TPSA) is 0 Å². The first kappa shape index (κ1) is 16.0. The van der Waals surface area contributed by atoms with Crippen LogP contribution in [0.3, 0.4) is 0 Å². The Labute approximate surface area is 114 Å². The molecule has 0 amide bonds. The zero-order chi connectivity index (χ0) is 13.9. The van der Waals surface area contributed by atoms with Gasteiger partial charge in [-0.3, -0.25) is 0 Å². The van der Waals surface area contributed by atoms with Crippen LogP contribution in [-0.4, -0.2) is 6.17 Å². The van der Waals surface area contributed by atoms with Gasteiger partial charge in [0.25, 0.3) is 0 Å². The molecule has 1 heteroatoms. The van der Waals surface area contributed by atoms with Crippen molar-refractivity contribution in [3.05, 3.63) is 0 Å². The SMILES string of the molecule is CCC(F)C[C@@H](CC)CC(C)CC1C(C)C1(C)C. The first-order valence-electron chi connectivity index (χ1n) is 7.96. The van der Waals surface area contributed by atoms with Gasteiger partial charge in [-0.15, -0.1) is 0 Å². The van der Waals surface area contributed by atoms with E-state index in [4.69, 9.17) is 0 Å². The zero-order valence-corrected chi connectivity index (χ0v) is 13.3. The van der Waals surface area contributed by atoms with Crippen LogP contribution in [0.25, 0.3) is 0 Å². The lowest BCUT2D eigenvalue weighted by Crippen LogP contribution is -2.12. The molecule has 0 radical (unpaired) electrons. The number of hydrogen-bond donors (Lipinski definition) is 0. The van der Waals surface area contributed by atoms with Gasteiger partial charge in [-0.1, -0.05) is 48.0 Å². The average Bonchev–Trinajstić information content (AvgIpc) is 2.77. The van der Waals surface area contributed by atoms with Crippen molar-refractivity contribution in [2.45, 2.75) is 79.8 Å². The lowest BCUT2D eigenvalue weighted by molar-refractivity contribution is 0.228. The summed E-state index contributed by atoms with van der Waals surface area (Å²) in [5.74, 6) is 3.13. The van der Waals surface area contributed by atoms with Gasteiger partial charge < -0.3 is 0 Å². The van der Waals surface area contributed by atoms with Crippen molar-refractivity contribution in [2.75, 3.05) is 0 Å². The lowest BCUT2D eigenvalue weighted by Gasteiger charge is -2.21. The maximum absolute atomic E-state index is 13.5. The van der Waals surface area contributed by atoms with Crippen LogP contribution in [0.15, 0.2) is 0 Å². The van der Waals surface area contributed by atoms with Crippen LogP contribution in [0.5, 0.6) is 0 Å². The summed E-state index contributed by atoms with van der Waals surface area (Å²) in [7, 11) is 0. The molecule has 0 spiro atoms. The Kier molecular flexibility index (Phi) is 5.67. The minimum Gasteiger partial charge on any atom is -0.247 e. The van der Waals surface area contributed by atoms with Gasteiger partial charge in [0.05, 0.1) is 0 Å². The van der Waals surface area contributed by atoms with Gasteiger partial charge in [-0.25, -0.2) is 4.39 Å². The van der Waals surface area contributed by atoms with Crippen molar-refractivity contribution in [3.63, 3.8) is 0 Å². The van der Waals surface area contributed by atoms with E-state index >= 15 is 0 Å². The van der Waals surface area contributed by atoms with E-state index in [1.165, 1.54) is 12.8 Å². The normalized spacial score (nSPS) is 30.8. The van der Waals surface area contributed by atoms with E-state index < -0.39 is 6.17 Å². The summed E-state index contributed by atoms with van der Waals surface area (Å²) in [5, 5.41) is 0. The lowest BCUT2D eigenvalue weighted by atomic mass is 9.86. The van der Waals surface area contributed by atoms with Gasteiger partial charge in [0.1, 0.15) is 6.17 Å². The summed E-state index contributed by atoms with van der Waals surface area (Å²) >= 11 is 0. The molecule has 0 N–H and O–H groups in total. The minimum atomic E-state index is -0.585. The third-order valence-electron chi connectivity index (χ3n) is 5.63. The average molecular weight is 256 g/mol. The molecule has 0 bridgehead atoms.